The molecule has 1 aromatic rings. The highest BCUT2D eigenvalue weighted by atomic mass is 32.2. The number of hydrogen-bond donors (Lipinski definition) is 1. The largest absolute Gasteiger partial charge is 0.478 e. The lowest BCUT2D eigenvalue weighted by Gasteiger charge is -2.26. The van der Waals surface area contributed by atoms with Crippen LogP contribution >= 0.6 is 11.8 Å². The normalized spacial score (nSPS) is 17.6. The monoisotopic (exact) mass is 326 g/mol. The van der Waals surface area contributed by atoms with Gasteiger partial charge in [-0.3, -0.25) is 9.59 Å². The molecule has 8 heteroatoms. The Morgan fingerprint density at radius 3 is 2.73 bits per heavy atom. The van der Waals surface area contributed by atoms with Gasteiger partial charge in [0, 0.05) is 19.7 Å². The Morgan fingerprint density at radius 1 is 1.50 bits per heavy atom. The Labute approximate surface area is 132 Å². The minimum Gasteiger partial charge on any atom is -0.478 e. The maximum atomic E-state index is 12.5. The van der Waals surface area contributed by atoms with Crippen LogP contribution < -0.4 is 0 Å². The first kappa shape index (κ1) is 16.4. The van der Waals surface area contributed by atoms with Gasteiger partial charge in [-0.05, 0) is 13.0 Å². The summed E-state index contributed by atoms with van der Waals surface area (Å²) in [6, 6.07) is 0.954. The maximum absolute atomic E-state index is 12.5. The lowest BCUT2D eigenvalue weighted by atomic mass is 10.2. The molecular weight excluding hydrogens is 308 g/mol. The number of aryl methyl sites for hydroxylation is 1. The molecule has 2 heterocycles. The summed E-state index contributed by atoms with van der Waals surface area (Å²) in [5.74, 6) is 0.445. The fourth-order valence-electron chi connectivity index (χ4n) is 2.36. The van der Waals surface area contributed by atoms with E-state index in [9.17, 15) is 14.4 Å². The van der Waals surface area contributed by atoms with Gasteiger partial charge in [-0.1, -0.05) is 0 Å². The van der Waals surface area contributed by atoms with Crippen LogP contribution in [0.5, 0.6) is 0 Å². The van der Waals surface area contributed by atoms with Crippen molar-refractivity contribution in [2.45, 2.75) is 26.4 Å². The predicted octanol–water partition coefficient (Wildman–Crippen LogP) is 1.17. The van der Waals surface area contributed by atoms with Crippen molar-refractivity contribution in [3.8, 4) is 0 Å². The minimum atomic E-state index is -1.06. The molecule has 0 bridgehead atoms. The van der Waals surface area contributed by atoms with Gasteiger partial charge < -0.3 is 19.3 Å². The van der Waals surface area contributed by atoms with E-state index in [1.165, 1.54) is 29.7 Å². The summed E-state index contributed by atoms with van der Waals surface area (Å²) in [6.07, 6.45) is 0. The van der Waals surface area contributed by atoms with Crippen LogP contribution in [-0.4, -0.2) is 57.4 Å². The third-order valence-corrected chi connectivity index (χ3v) is 4.55. The Morgan fingerprint density at radius 2 is 2.18 bits per heavy atom. The number of hydrogen-bond acceptors (Lipinski definition) is 5. The number of rotatable bonds is 4. The standard InChI is InChI=1S/C14H18N2O5S/c1-8-11(14(19)20)4-10(21-8)5-15(3)13(18)12-6-22-7-16(12)9(2)17/h4,12H,5-7H2,1-3H3,(H,19,20). The van der Waals surface area contributed by atoms with E-state index in [2.05, 4.69) is 0 Å². The molecule has 120 valence electrons. The zero-order valence-electron chi connectivity index (χ0n) is 12.7. The van der Waals surface area contributed by atoms with Crippen LogP contribution in [0.1, 0.15) is 28.8 Å². The van der Waals surface area contributed by atoms with Crippen molar-refractivity contribution in [3.05, 3.63) is 23.2 Å². The van der Waals surface area contributed by atoms with Crippen molar-refractivity contribution in [2.75, 3.05) is 18.7 Å². The van der Waals surface area contributed by atoms with E-state index < -0.39 is 12.0 Å². The van der Waals surface area contributed by atoms with E-state index >= 15 is 0 Å². The maximum Gasteiger partial charge on any atom is 0.339 e. The van der Waals surface area contributed by atoms with Crippen molar-refractivity contribution < 1.29 is 23.9 Å². The van der Waals surface area contributed by atoms with Gasteiger partial charge in [-0.25, -0.2) is 4.79 Å². The minimum absolute atomic E-state index is 0.0950. The van der Waals surface area contributed by atoms with E-state index in [0.29, 0.717) is 23.2 Å². The summed E-state index contributed by atoms with van der Waals surface area (Å²) in [7, 11) is 1.61. The molecule has 1 aromatic heterocycles. The van der Waals surface area contributed by atoms with Crippen LogP contribution in [-0.2, 0) is 16.1 Å². The zero-order valence-corrected chi connectivity index (χ0v) is 13.5. The van der Waals surface area contributed by atoms with Crippen molar-refractivity contribution in [3.63, 3.8) is 0 Å². The van der Waals surface area contributed by atoms with Crippen LogP contribution in [0.2, 0.25) is 0 Å². The van der Waals surface area contributed by atoms with Crippen molar-refractivity contribution in [2.24, 2.45) is 0 Å². The molecule has 1 aliphatic rings. The second kappa shape index (κ2) is 6.43. The molecule has 2 amide bonds. The predicted molar refractivity (Wildman–Crippen MR) is 80.5 cm³/mol. The first-order valence-electron chi connectivity index (χ1n) is 6.73. The average Bonchev–Trinajstić information content (AvgIpc) is 3.04. The first-order valence-corrected chi connectivity index (χ1v) is 7.89. The molecule has 1 saturated heterocycles. The number of furan rings is 1. The van der Waals surface area contributed by atoms with Gasteiger partial charge in [0.2, 0.25) is 11.8 Å². The van der Waals surface area contributed by atoms with Gasteiger partial charge in [-0.2, -0.15) is 0 Å². The summed E-state index contributed by atoms with van der Waals surface area (Å²) in [6.45, 7) is 3.18. The molecular formula is C14H18N2O5S. The van der Waals surface area contributed by atoms with Crippen LogP contribution in [0.3, 0.4) is 0 Å². The Bertz CT molecular complexity index is 612. The number of amides is 2. The number of carboxylic acid groups (broad SMARTS) is 1. The molecule has 1 atom stereocenters. The summed E-state index contributed by atoms with van der Waals surface area (Å²) in [5.41, 5.74) is 0.0950. The van der Waals surface area contributed by atoms with Gasteiger partial charge in [-0.15, -0.1) is 11.8 Å². The van der Waals surface area contributed by atoms with Gasteiger partial charge in [0.15, 0.2) is 0 Å². The van der Waals surface area contributed by atoms with Crippen LogP contribution in [0, 0.1) is 6.92 Å². The van der Waals surface area contributed by atoms with E-state index in [4.69, 9.17) is 9.52 Å². The van der Waals surface area contributed by atoms with E-state index in [1.54, 1.807) is 18.9 Å². The number of carboxylic acids is 1. The number of carbonyl (C=O) groups excluding carboxylic acids is 2. The zero-order chi connectivity index (χ0) is 16.4. The Hall–Kier alpha value is -1.96. The molecule has 0 spiro atoms. The number of likely N-dealkylation sites (N-methyl/N-ethyl adjacent to an activating group) is 1. The average molecular weight is 326 g/mol. The van der Waals surface area contributed by atoms with E-state index in [1.807, 2.05) is 0 Å². The quantitative estimate of drug-likeness (QED) is 0.893. The molecule has 1 aliphatic heterocycles. The molecule has 1 fully saturated rings. The smallest absolute Gasteiger partial charge is 0.339 e. The third kappa shape index (κ3) is 3.27. The highest BCUT2D eigenvalue weighted by Crippen LogP contribution is 2.23. The van der Waals surface area contributed by atoms with Crippen LogP contribution in [0.15, 0.2) is 10.5 Å². The van der Waals surface area contributed by atoms with Crippen LogP contribution in [0.25, 0.3) is 0 Å². The highest BCUT2D eigenvalue weighted by Gasteiger charge is 2.34. The van der Waals surface area contributed by atoms with Gasteiger partial charge >= 0.3 is 5.97 Å². The summed E-state index contributed by atoms with van der Waals surface area (Å²) < 4.78 is 5.37. The summed E-state index contributed by atoms with van der Waals surface area (Å²) in [5, 5.41) is 9.00. The molecule has 1 unspecified atom stereocenters. The van der Waals surface area contributed by atoms with Crippen molar-refractivity contribution in [1.82, 2.24) is 9.80 Å². The van der Waals surface area contributed by atoms with Gasteiger partial charge in [0.05, 0.1) is 12.4 Å². The summed E-state index contributed by atoms with van der Waals surface area (Å²) in [4.78, 5) is 38.0. The molecule has 22 heavy (non-hydrogen) atoms. The number of aromatic carboxylic acids is 1. The lowest BCUT2D eigenvalue weighted by Crippen LogP contribution is -2.46. The second-order valence-electron chi connectivity index (χ2n) is 5.19. The molecule has 0 radical (unpaired) electrons. The lowest BCUT2D eigenvalue weighted by molar-refractivity contribution is -0.142. The highest BCUT2D eigenvalue weighted by molar-refractivity contribution is 7.99. The number of nitrogens with zero attached hydrogens (tertiary/aromatic N) is 2. The fourth-order valence-corrected chi connectivity index (χ4v) is 3.57. The molecule has 0 aliphatic carbocycles. The SMILES string of the molecule is CC(=O)N1CSCC1C(=O)N(C)Cc1cc(C(=O)O)c(C)o1. The fraction of sp³-hybridized carbons (Fsp3) is 0.500. The van der Waals surface area contributed by atoms with Crippen LogP contribution in [0.4, 0.5) is 0 Å². The van der Waals surface area contributed by atoms with Crippen molar-refractivity contribution in [1.29, 1.82) is 0 Å². The molecule has 2 rings (SSSR count). The van der Waals surface area contributed by atoms with E-state index in [0.717, 1.165) is 0 Å². The molecule has 1 N–H and O–H groups in total. The third-order valence-electron chi connectivity index (χ3n) is 3.54. The molecule has 0 saturated carbocycles. The Balaban J connectivity index is 2.07. The number of carbonyl (C=O) groups is 3. The van der Waals surface area contributed by atoms with E-state index in [-0.39, 0.29) is 23.9 Å². The van der Waals surface area contributed by atoms with Gasteiger partial charge in [0.25, 0.3) is 0 Å². The second-order valence-corrected chi connectivity index (χ2v) is 6.19. The molecule has 7 nitrogen and oxygen atoms in total. The topological polar surface area (TPSA) is 91.1 Å². The summed E-state index contributed by atoms with van der Waals surface area (Å²) >= 11 is 1.54. The van der Waals surface area contributed by atoms with Gasteiger partial charge in [0.1, 0.15) is 23.1 Å². The number of thioether (sulfide) groups is 1. The Kier molecular flexibility index (Phi) is 4.80. The first-order chi connectivity index (χ1) is 10.3. The van der Waals surface area contributed by atoms with Crippen molar-refractivity contribution >= 4 is 29.5 Å². The molecule has 0 aromatic carbocycles.